The van der Waals surface area contributed by atoms with Crippen LogP contribution in [0.1, 0.15) is 102 Å². The van der Waals surface area contributed by atoms with Crippen molar-refractivity contribution in [3.63, 3.8) is 0 Å². The fourth-order valence-corrected chi connectivity index (χ4v) is 11.9. The molecule has 5 nitrogen and oxygen atoms in total. The average molecular weight is 596 g/mol. The maximum atomic E-state index is 13.1. The third-order valence-corrected chi connectivity index (χ3v) is 19.6. The lowest BCUT2D eigenvalue weighted by Gasteiger charge is -2.45. The molecule has 2 atom stereocenters. The lowest BCUT2D eigenvalue weighted by atomic mass is 10.0. The minimum absolute atomic E-state index is 0.0750. The van der Waals surface area contributed by atoms with E-state index in [9.17, 15) is 4.79 Å². The van der Waals surface area contributed by atoms with Crippen molar-refractivity contribution < 1.29 is 18.5 Å². The van der Waals surface area contributed by atoms with Crippen LogP contribution in [0.2, 0.25) is 34.8 Å². The molecule has 1 amide bonds. The van der Waals surface area contributed by atoms with Gasteiger partial charge in [0.25, 0.3) is 5.91 Å². The molecule has 40 heavy (non-hydrogen) atoms. The highest BCUT2D eigenvalue weighted by Crippen LogP contribution is 2.44. The Balaban J connectivity index is 5.58. The summed E-state index contributed by atoms with van der Waals surface area (Å²) in [6.07, 6.45) is 11.5. The van der Waals surface area contributed by atoms with Gasteiger partial charge in [-0.3, -0.25) is 9.63 Å². The lowest BCUT2D eigenvalue weighted by molar-refractivity contribution is -0.175. The molecule has 234 valence electrons. The lowest BCUT2D eigenvalue weighted by Crippen LogP contribution is -2.52. The van der Waals surface area contributed by atoms with Crippen LogP contribution in [0, 0.1) is 5.92 Å². The Bertz CT molecular complexity index is 831. The number of carbonyl (C=O) groups is 1. The van der Waals surface area contributed by atoms with Crippen molar-refractivity contribution >= 4 is 22.5 Å². The molecule has 0 aliphatic rings. The summed E-state index contributed by atoms with van der Waals surface area (Å²) in [6.45, 7) is 32.3. The van der Waals surface area contributed by atoms with Gasteiger partial charge in [-0.2, -0.15) is 0 Å². The van der Waals surface area contributed by atoms with Gasteiger partial charge in [-0.1, -0.05) is 105 Å². The number of carbonyl (C=O) groups excluding carboxylic acids is 1. The van der Waals surface area contributed by atoms with Crippen molar-refractivity contribution in [1.29, 1.82) is 0 Å². The molecule has 0 aromatic carbocycles. The molecular weight excluding hydrogens is 531 g/mol. The normalized spacial score (nSPS) is 16.0. The molecule has 0 aromatic heterocycles. The zero-order valence-corrected chi connectivity index (χ0v) is 31.1. The second-order valence-corrected chi connectivity index (χ2v) is 24.2. The van der Waals surface area contributed by atoms with E-state index in [4.69, 9.17) is 13.7 Å². The van der Waals surface area contributed by atoms with Crippen molar-refractivity contribution in [1.82, 2.24) is 5.06 Å². The predicted molar refractivity (Wildman–Crippen MR) is 179 cm³/mol. The van der Waals surface area contributed by atoms with E-state index in [1.54, 1.807) is 7.05 Å². The summed E-state index contributed by atoms with van der Waals surface area (Å²) in [4.78, 5) is 18.3. The summed E-state index contributed by atoms with van der Waals surface area (Å²) in [7, 11) is -0.677. The number of nitrogens with zero attached hydrogens (tertiary/aromatic N) is 1. The first-order chi connectivity index (χ1) is 18.2. The molecule has 0 saturated heterocycles. The van der Waals surface area contributed by atoms with Crippen molar-refractivity contribution in [3.05, 3.63) is 35.5 Å². The zero-order chi connectivity index (χ0) is 31.5. The maximum absolute atomic E-state index is 13.1. The van der Waals surface area contributed by atoms with E-state index in [1.165, 1.54) is 23.3 Å². The second-order valence-electron chi connectivity index (χ2n) is 14.0. The molecule has 0 fully saturated rings. The SMILES string of the molecule is CON(C)C(=O)[C@@H](C)[C@@H](/C=C/C(C)=C/C/C=C(\C)CCCO[Si](C)(C)C(C)(C)C)O[Si](C(C)C)(C(C)C)C(C)C. The van der Waals surface area contributed by atoms with Crippen molar-refractivity contribution in [3.8, 4) is 0 Å². The molecule has 0 aromatic rings. The van der Waals surface area contributed by atoms with Gasteiger partial charge in [0.2, 0.25) is 8.32 Å². The fourth-order valence-electron chi connectivity index (χ4n) is 5.23. The third kappa shape index (κ3) is 11.7. The minimum atomic E-state index is -2.19. The van der Waals surface area contributed by atoms with Crippen LogP contribution >= 0.6 is 0 Å². The predicted octanol–water partition coefficient (Wildman–Crippen LogP) is 9.84. The van der Waals surface area contributed by atoms with Crippen LogP contribution in [0.3, 0.4) is 0 Å². The van der Waals surface area contributed by atoms with E-state index in [0.29, 0.717) is 16.6 Å². The van der Waals surface area contributed by atoms with Crippen LogP contribution in [0.4, 0.5) is 0 Å². The van der Waals surface area contributed by atoms with Crippen molar-refractivity contribution in [2.24, 2.45) is 5.92 Å². The van der Waals surface area contributed by atoms with E-state index in [0.717, 1.165) is 25.9 Å². The van der Waals surface area contributed by atoms with Gasteiger partial charge < -0.3 is 8.85 Å². The van der Waals surface area contributed by atoms with E-state index in [2.05, 4.69) is 114 Å². The highest BCUT2D eigenvalue weighted by Gasteiger charge is 2.47. The summed E-state index contributed by atoms with van der Waals surface area (Å²) in [5.41, 5.74) is 3.87. The first-order valence-corrected chi connectivity index (χ1v) is 20.4. The topological polar surface area (TPSA) is 48.0 Å². The average Bonchev–Trinajstić information content (AvgIpc) is 2.84. The van der Waals surface area contributed by atoms with Crippen molar-refractivity contribution in [2.75, 3.05) is 20.8 Å². The molecule has 0 bridgehead atoms. The monoisotopic (exact) mass is 595 g/mol. The van der Waals surface area contributed by atoms with Crippen LogP contribution in [-0.4, -0.2) is 54.5 Å². The molecule has 0 aliphatic heterocycles. The van der Waals surface area contributed by atoms with Gasteiger partial charge >= 0.3 is 0 Å². The van der Waals surface area contributed by atoms with Gasteiger partial charge in [-0.25, -0.2) is 5.06 Å². The van der Waals surface area contributed by atoms with E-state index in [-0.39, 0.29) is 23.0 Å². The van der Waals surface area contributed by atoms with Gasteiger partial charge in [0.15, 0.2) is 8.32 Å². The van der Waals surface area contributed by atoms with Crippen LogP contribution in [-0.2, 0) is 18.5 Å². The van der Waals surface area contributed by atoms with Gasteiger partial charge in [-0.05, 0) is 67.9 Å². The number of amides is 1. The molecule has 0 unspecified atom stereocenters. The number of hydroxylamine groups is 2. The largest absolute Gasteiger partial charge is 0.417 e. The number of rotatable bonds is 17. The molecule has 0 N–H and O–H groups in total. The van der Waals surface area contributed by atoms with E-state index >= 15 is 0 Å². The minimum Gasteiger partial charge on any atom is -0.417 e. The first kappa shape index (κ1) is 39.0. The Morgan fingerprint density at radius 3 is 1.90 bits per heavy atom. The van der Waals surface area contributed by atoms with Gasteiger partial charge in [0.1, 0.15) is 0 Å². The molecule has 0 spiro atoms. The molecule has 0 saturated carbocycles. The van der Waals surface area contributed by atoms with Crippen molar-refractivity contribution in [2.45, 2.75) is 143 Å². The number of hydrogen-bond donors (Lipinski definition) is 0. The molecule has 7 heteroatoms. The summed E-state index contributed by atoms with van der Waals surface area (Å²) in [5.74, 6) is -0.429. The summed E-state index contributed by atoms with van der Waals surface area (Å²) < 4.78 is 13.4. The van der Waals surface area contributed by atoms with Crippen LogP contribution < -0.4 is 0 Å². The number of hydrogen-bond acceptors (Lipinski definition) is 4. The molecule has 0 rings (SSSR count). The van der Waals surface area contributed by atoms with Gasteiger partial charge in [0, 0.05) is 13.7 Å². The smallest absolute Gasteiger partial charge is 0.251 e. The highest BCUT2D eigenvalue weighted by molar-refractivity contribution is 6.77. The Morgan fingerprint density at radius 1 is 0.925 bits per heavy atom. The van der Waals surface area contributed by atoms with Crippen LogP contribution in [0.25, 0.3) is 0 Å². The summed E-state index contributed by atoms with van der Waals surface area (Å²) in [6, 6.07) is 0. The van der Waals surface area contributed by atoms with Gasteiger partial charge in [-0.15, -0.1) is 0 Å². The molecule has 0 heterocycles. The number of allylic oxidation sites excluding steroid dienone is 5. The van der Waals surface area contributed by atoms with E-state index in [1.807, 2.05) is 6.92 Å². The van der Waals surface area contributed by atoms with Gasteiger partial charge in [0.05, 0.1) is 19.1 Å². The third-order valence-electron chi connectivity index (χ3n) is 8.95. The fraction of sp³-hybridized carbons (Fsp3) is 0.788. The standard InChI is InChI=1S/C33H65NO4Si2/c1-25(2)40(26(3)4,27(5)6)38-31(30(9)32(35)34(13)36-14)23-22-29(8)20-17-19-28(7)21-18-24-37-39(15,16)33(10,11)12/h19-20,22-23,25-27,30-31H,17-18,21,24H2,1-16H3/b23-22+,28-19+,29-20+/t30-,31+/m0/s1. The second kappa shape index (κ2) is 17.2. The molecule has 0 aliphatic carbocycles. The zero-order valence-electron chi connectivity index (χ0n) is 29.1. The Morgan fingerprint density at radius 2 is 1.45 bits per heavy atom. The maximum Gasteiger partial charge on any atom is 0.251 e. The molecule has 0 radical (unpaired) electrons. The van der Waals surface area contributed by atoms with E-state index < -0.39 is 16.6 Å². The van der Waals surface area contributed by atoms with Crippen LogP contribution in [0.5, 0.6) is 0 Å². The Kier molecular flexibility index (Phi) is 16.8. The highest BCUT2D eigenvalue weighted by atomic mass is 28.4. The van der Waals surface area contributed by atoms with Crippen LogP contribution in [0.15, 0.2) is 35.5 Å². The molecular formula is C33H65NO4Si2. The Labute approximate surface area is 251 Å². The summed E-state index contributed by atoms with van der Waals surface area (Å²) in [5, 5.41) is 1.57. The Hall–Kier alpha value is -0.996. The summed E-state index contributed by atoms with van der Waals surface area (Å²) >= 11 is 0. The quantitative estimate of drug-likeness (QED) is 0.0552. The first-order valence-electron chi connectivity index (χ1n) is 15.4.